The molecule has 0 bridgehead atoms. The summed E-state index contributed by atoms with van der Waals surface area (Å²) in [6, 6.07) is -0.897. The first-order valence-electron chi connectivity index (χ1n) is 4.82. The Kier molecular flexibility index (Phi) is 6.35. The van der Waals surface area contributed by atoms with Crippen LogP contribution < -0.4 is 5.32 Å². The molecule has 0 saturated carbocycles. The van der Waals surface area contributed by atoms with Gasteiger partial charge in [0, 0.05) is 7.11 Å². The van der Waals surface area contributed by atoms with Crippen LogP contribution in [0.4, 0.5) is 13.2 Å². The molecule has 96 valence electrons. The Bertz CT molecular complexity index is 221. The number of methoxy groups -OCH3 is 1. The van der Waals surface area contributed by atoms with E-state index >= 15 is 0 Å². The molecule has 16 heavy (non-hydrogen) atoms. The topological polar surface area (TPSA) is 58.6 Å². The number of hydrogen-bond acceptors (Lipinski definition) is 3. The van der Waals surface area contributed by atoms with Gasteiger partial charge >= 0.3 is 12.1 Å². The number of rotatable bonds is 6. The number of carbonyl (C=O) groups is 1. The number of nitrogens with one attached hydrogen (secondary N) is 1. The molecule has 4 nitrogen and oxygen atoms in total. The Hall–Kier alpha value is -0.820. The van der Waals surface area contributed by atoms with Crippen molar-refractivity contribution in [3.05, 3.63) is 0 Å². The van der Waals surface area contributed by atoms with Gasteiger partial charge < -0.3 is 15.2 Å². The van der Waals surface area contributed by atoms with Gasteiger partial charge in [0.05, 0.1) is 18.8 Å². The minimum Gasteiger partial charge on any atom is -0.394 e. The van der Waals surface area contributed by atoms with Crippen molar-refractivity contribution in [1.82, 2.24) is 5.32 Å². The molecule has 0 aliphatic heterocycles. The summed E-state index contributed by atoms with van der Waals surface area (Å²) in [6.07, 6.45) is -4.36. The standard InChI is InChI=1S/C9H16F3NO3/c1-6(16-2)3-4-7(5-14)13-8(15)9(10,11)12/h6-7,14H,3-5H2,1-2H3,(H,13,15). The lowest BCUT2D eigenvalue weighted by Gasteiger charge is -2.18. The highest BCUT2D eigenvalue weighted by Crippen LogP contribution is 2.15. The van der Waals surface area contributed by atoms with E-state index in [0.29, 0.717) is 6.42 Å². The fourth-order valence-corrected chi connectivity index (χ4v) is 1.03. The van der Waals surface area contributed by atoms with Crippen molar-refractivity contribution in [2.24, 2.45) is 0 Å². The number of aliphatic hydroxyl groups is 1. The third-order valence-electron chi connectivity index (χ3n) is 2.14. The van der Waals surface area contributed by atoms with Crippen LogP contribution >= 0.6 is 0 Å². The number of ether oxygens (including phenoxy) is 1. The van der Waals surface area contributed by atoms with Crippen LogP contribution in [0.5, 0.6) is 0 Å². The van der Waals surface area contributed by atoms with Crippen molar-refractivity contribution in [2.75, 3.05) is 13.7 Å². The van der Waals surface area contributed by atoms with Crippen molar-refractivity contribution >= 4 is 5.91 Å². The lowest BCUT2D eigenvalue weighted by molar-refractivity contribution is -0.174. The van der Waals surface area contributed by atoms with Crippen LogP contribution in [0.25, 0.3) is 0 Å². The summed E-state index contributed by atoms with van der Waals surface area (Å²) in [5, 5.41) is 10.5. The molecule has 0 aliphatic carbocycles. The van der Waals surface area contributed by atoms with Gasteiger partial charge in [-0.3, -0.25) is 4.79 Å². The molecule has 0 aromatic heterocycles. The molecule has 1 amide bonds. The molecule has 0 aromatic carbocycles. The smallest absolute Gasteiger partial charge is 0.394 e. The quantitative estimate of drug-likeness (QED) is 0.726. The fraction of sp³-hybridized carbons (Fsp3) is 0.889. The number of alkyl halides is 3. The van der Waals surface area contributed by atoms with Gasteiger partial charge in [-0.1, -0.05) is 0 Å². The molecule has 2 unspecified atom stereocenters. The zero-order valence-electron chi connectivity index (χ0n) is 9.17. The van der Waals surface area contributed by atoms with E-state index in [4.69, 9.17) is 9.84 Å². The Morgan fingerprint density at radius 3 is 2.38 bits per heavy atom. The van der Waals surface area contributed by atoms with Gasteiger partial charge in [-0.05, 0) is 19.8 Å². The maximum Gasteiger partial charge on any atom is 0.471 e. The van der Waals surface area contributed by atoms with E-state index in [1.165, 1.54) is 7.11 Å². The first kappa shape index (κ1) is 15.2. The Labute approximate surface area is 91.8 Å². The summed E-state index contributed by atoms with van der Waals surface area (Å²) < 4.78 is 40.6. The van der Waals surface area contributed by atoms with E-state index in [2.05, 4.69) is 0 Å². The first-order valence-corrected chi connectivity index (χ1v) is 4.82. The Morgan fingerprint density at radius 2 is 2.00 bits per heavy atom. The van der Waals surface area contributed by atoms with Gasteiger partial charge in [0.1, 0.15) is 0 Å². The van der Waals surface area contributed by atoms with Crippen LogP contribution in [0.15, 0.2) is 0 Å². The maximum atomic E-state index is 11.9. The molecule has 0 saturated heterocycles. The maximum absolute atomic E-state index is 11.9. The monoisotopic (exact) mass is 243 g/mol. The SMILES string of the molecule is COC(C)CCC(CO)NC(=O)C(F)(F)F. The summed E-state index contributed by atoms with van der Waals surface area (Å²) >= 11 is 0. The predicted octanol–water partition coefficient (Wildman–Crippen LogP) is 0.841. The van der Waals surface area contributed by atoms with Crippen LogP contribution in [0.3, 0.4) is 0 Å². The molecule has 0 spiro atoms. The highest BCUT2D eigenvalue weighted by atomic mass is 19.4. The lowest BCUT2D eigenvalue weighted by Crippen LogP contribution is -2.45. The fourth-order valence-electron chi connectivity index (χ4n) is 1.03. The average Bonchev–Trinajstić information content (AvgIpc) is 2.21. The van der Waals surface area contributed by atoms with Crippen molar-refractivity contribution in [3.63, 3.8) is 0 Å². The number of aliphatic hydroxyl groups excluding tert-OH is 1. The zero-order valence-corrected chi connectivity index (χ0v) is 9.17. The van der Waals surface area contributed by atoms with Crippen LogP contribution in [0.2, 0.25) is 0 Å². The van der Waals surface area contributed by atoms with E-state index in [-0.39, 0.29) is 12.5 Å². The van der Waals surface area contributed by atoms with Gasteiger partial charge in [0.25, 0.3) is 0 Å². The molecule has 2 atom stereocenters. The molecular weight excluding hydrogens is 227 g/mol. The molecule has 0 aromatic rings. The number of amides is 1. The molecular formula is C9H16F3NO3. The molecule has 0 heterocycles. The minimum atomic E-state index is -4.92. The highest BCUT2D eigenvalue weighted by molar-refractivity contribution is 5.81. The molecule has 2 N–H and O–H groups in total. The second-order valence-electron chi connectivity index (χ2n) is 3.47. The van der Waals surface area contributed by atoms with Crippen LogP contribution in [0.1, 0.15) is 19.8 Å². The largest absolute Gasteiger partial charge is 0.471 e. The summed E-state index contributed by atoms with van der Waals surface area (Å²) in [4.78, 5) is 10.6. The molecule has 0 radical (unpaired) electrons. The summed E-state index contributed by atoms with van der Waals surface area (Å²) in [6.45, 7) is 1.22. The average molecular weight is 243 g/mol. The lowest BCUT2D eigenvalue weighted by atomic mass is 10.1. The second kappa shape index (κ2) is 6.70. The number of hydrogen-bond donors (Lipinski definition) is 2. The van der Waals surface area contributed by atoms with Gasteiger partial charge in [-0.15, -0.1) is 0 Å². The van der Waals surface area contributed by atoms with E-state index in [0.717, 1.165) is 0 Å². The van der Waals surface area contributed by atoms with Gasteiger partial charge in [0.15, 0.2) is 0 Å². The number of halogens is 3. The van der Waals surface area contributed by atoms with Crippen LogP contribution in [-0.4, -0.2) is 43.1 Å². The molecule has 0 fully saturated rings. The number of carbonyl (C=O) groups excluding carboxylic acids is 1. The first-order chi connectivity index (χ1) is 7.31. The van der Waals surface area contributed by atoms with Gasteiger partial charge in [-0.2, -0.15) is 13.2 Å². The third-order valence-corrected chi connectivity index (χ3v) is 2.14. The van der Waals surface area contributed by atoms with Gasteiger partial charge in [0.2, 0.25) is 0 Å². The second-order valence-corrected chi connectivity index (χ2v) is 3.47. The molecule has 7 heteroatoms. The van der Waals surface area contributed by atoms with Crippen molar-refractivity contribution in [1.29, 1.82) is 0 Å². The van der Waals surface area contributed by atoms with Crippen LogP contribution in [-0.2, 0) is 9.53 Å². The summed E-state index contributed by atoms with van der Waals surface area (Å²) in [7, 11) is 1.48. The normalized spacial score (nSPS) is 15.6. The van der Waals surface area contributed by atoms with Crippen molar-refractivity contribution in [3.8, 4) is 0 Å². The van der Waals surface area contributed by atoms with Crippen molar-refractivity contribution in [2.45, 2.75) is 38.1 Å². The van der Waals surface area contributed by atoms with E-state index in [1.807, 2.05) is 0 Å². The third kappa shape index (κ3) is 5.92. The van der Waals surface area contributed by atoms with E-state index < -0.39 is 24.7 Å². The summed E-state index contributed by atoms with van der Waals surface area (Å²) in [5.74, 6) is -2.03. The zero-order chi connectivity index (χ0) is 12.8. The predicted molar refractivity (Wildman–Crippen MR) is 50.8 cm³/mol. The minimum absolute atomic E-state index is 0.128. The molecule has 0 aliphatic rings. The van der Waals surface area contributed by atoms with Crippen LogP contribution in [0, 0.1) is 0 Å². The van der Waals surface area contributed by atoms with Crippen molar-refractivity contribution < 1.29 is 27.8 Å². The summed E-state index contributed by atoms with van der Waals surface area (Å²) in [5.41, 5.74) is 0. The Morgan fingerprint density at radius 1 is 1.44 bits per heavy atom. The van der Waals surface area contributed by atoms with E-state index in [1.54, 1.807) is 12.2 Å². The Balaban J connectivity index is 4.06. The highest BCUT2D eigenvalue weighted by Gasteiger charge is 2.39. The van der Waals surface area contributed by atoms with Gasteiger partial charge in [-0.25, -0.2) is 0 Å². The van der Waals surface area contributed by atoms with E-state index in [9.17, 15) is 18.0 Å². The molecule has 0 rings (SSSR count).